The summed E-state index contributed by atoms with van der Waals surface area (Å²) in [7, 11) is 0. The van der Waals surface area contributed by atoms with E-state index in [1.54, 1.807) is 12.1 Å². The number of rotatable bonds is 2. The van der Waals surface area contributed by atoms with Gasteiger partial charge in [0.1, 0.15) is 5.75 Å². The van der Waals surface area contributed by atoms with Gasteiger partial charge in [-0.3, -0.25) is 9.79 Å². The minimum atomic E-state index is -0.308. The molecule has 1 aliphatic heterocycles. The van der Waals surface area contributed by atoms with Gasteiger partial charge in [-0.15, -0.1) is 0 Å². The van der Waals surface area contributed by atoms with Crippen molar-refractivity contribution in [3.05, 3.63) is 29.8 Å². The predicted octanol–water partition coefficient (Wildman–Crippen LogP) is 1.77. The third-order valence-corrected chi connectivity index (χ3v) is 3.03. The molecule has 2 atom stereocenters. The standard InChI is InChI=1S/C14H18N2O2/c1-9-7-12(15)8-16-14(9)11-3-5-13(6-4-11)18-10(2)17/h3-6,9,12H,7-8,15H2,1-2H3. The maximum atomic E-state index is 10.8. The number of benzene rings is 1. The minimum Gasteiger partial charge on any atom is -0.427 e. The van der Waals surface area contributed by atoms with E-state index in [-0.39, 0.29) is 12.0 Å². The van der Waals surface area contributed by atoms with E-state index in [0.717, 1.165) is 17.7 Å². The number of nitrogens with two attached hydrogens (primary N) is 1. The average molecular weight is 246 g/mol. The number of aliphatic imine (C=N–C) groups is 1. The summed E-state index contributed by atoms with van der Waals surface area (Å²) in [5, 5.41) is 0. The fourth-order valence-corrected chi connectivity index (χ4v) is 2.25. The van der Waals surface area contributed by atoms with Crippen LogP contribution in [0.15, 0.2) is 29.3 Å². The van der Waals surface area contributed by atoms with Crippen LogP contribution in [0, 0.1) is 5.92 Å². The highest BCUT2D eigenvalue weighted by Crippen LogP contribution is 2.21. The number of hydrogen-bond donors (Lipinski definition) is 1. The van der Waals surface area contributed by atoms with Crippen molar-refractivity contribution in [2.24, 2.45) is 16.6 Å². The van der Waals surface area contributed by atoms with Crippen molar-refractivity contribution in [3.8, 4) is 5.75 Å². The highest BCUT2D eigenvalue weighted by atomic mass is 16.5. The summed E-state index contributed by atoms with van der Waals surface area (Å²) >= 11 is 0. The fraction of sp³-hybridized carbons (Fsp3) is 0.429. The highest BCUT2D eigenvalue weighted by Gasteiger charge is 2.20. The quantitative estimate of drug-likeness (QED) is 0.639. The van der Waals surface area contributed by atoms with Crippen LogP contribution in [0.1, 0.15) is 25.8 Å². The summed E-state index contributed by atoms with van der Waals surface area (Å²) in [5.74, 6) is 0.623. The maximum Gasteiger partial charge on any atom is 0.308 e. The first-order valence-corrected chi connectivity index (χ1v) is 6.15. The largest absolute Gasteiger partial charge is 0.427 e. The third kappa shape index (κ3) is 2.96. The molecule has 0 radical (unpaired) electrons. The molecular formula is C14H18N2O2. The molecule has 0 saturated carbocycles. The van der Waals surface area contributed by atoms with Crippen LogP contribution in [-0.4, -0.2) is 24.3 Å². The molecule has 0 spiro atoms. The third-order valence-electron chi connectivity index (χ3n) is 3.03. The Morgan fingerprint density at radius 3 is 2.61 bits per heavy atom. The first kappa shape index (κ1) is 12.8. The van der Waals surface area contributed by atoms with E-state index < -0.39 is 0 Å². The topological polar surface area (TPSA) is 64.7 Å². The first-order valence-electron chi connectivity index (χ1n) is 6.15. The molecule has 2 unspecified atom stereocenters. The molecule has 1 heterocycles. The second-order valence-electron chi connectivity index (χ2n) is 4.74. The lowest BCUT2D eigenvalue weighted by atomic mass is 9.90. The minimum absolute atomic E-state index is 0.170. The van der Waals surface area contributed by atoms with Crippen LogP contribution in [0.3, 0.4) is 0 Å². The molecule has 0 aliphatic carbocycles. The van der Waals surface area contributed by atoms with Crippen LogP contribution in [-0.2, 0) is 4.79 Å². The van der Waals surface area contributed by atoms with Crippen LogP contribution in [0.5, 0.6) is 5.75 Å². The second kappa shape index (κ2) is 5.31. The summed E-state index contributed by atoms with van der Waals surface area (Å²) in [6.07, 6.45) is 0.963. The van der Waals surface area contributed by atoms with Crippen LogP contribution >= 0.6 is 0 Å². The zero-order chi connectivity index (χ0) is 13.1. The fourth-order valence-electron chi connectivity index (χ4n) is 2.25. The van der Waals surface area contributed by atoms with Crippen molar-refractivity contribution in [1.29, 1.82) is 0 Å². The number of nitrogens with zero attached hydrogens (tertiary/aromatic N) is 1. The van der Waals surface area contributed by atoms with Gasteiger partial charge in [-0.1, -0.05) is 6.92 Å². The molecule has 96 valence electrons. The SMILES string of the molecule is CC(=O)Oc1ccc(C2=NCC(N)CC2C)cc1. The summed E-state index contributed by atoms with van der Waals surface area (Å²) in [4.78, 5) is 15.4. The zero-order valence-electron chi connectivity index (χ0n) is 10.7. The van der Waals surface area contributed by atoms with Gasteiger partial charge in [-0.25, -0.2) is 0 Å². The Balaban J connectivity index is 2.17. The second-order valence-corrected chi connectivity index (χ2v) is 4.74. The number of carbonyl (C=O) groups is 1. The van der Waals surface area contributed by atoms with E-state index in [9.17, 15) is 4.79 Å². The molecule has 4 nitrogen and oxygen atoms in total. The van der Waals surface area contributed by atoms with Gasteiger partial charge < -0.3 is 10.5 Å². The molecule has 2 N–H and O–H groups in total. The summed E-state index contributed by atoms with van der Waals surface area (Å²) < 4.78 is 5.00. The summed E-state index contributed by atoms with van der Waals surface area (Å²) in [5.41, 5.74) is 8.04. The smallest absolute Gasteiger partial charge is 0.308 e. The molecule has 0 fully saturated rings. The Labute approximate surface area is 107 Å². The Kier molecular flexibility index (Phi) is 3.77. The van der Waals surface area contributed by atoms with E-state index in [2.05, 4.69) is 11.9 Å². The van der Waals surface area contributed by atoms with E-state index in [4.69, 9.17) is 10.5 Å². The molecule has 1 aromatic carbocycles. The average Bonchev–Trinajstić information content (AvgIpc) is 2.30. The molecule has 18 heavy (non-hydrogen) atoms. The van der Waals surface area contributed by atoms with Crippen LogP contribution in [0.4, 0.5) is 0 Å². The van der Waals surface area contributed by atoms with Crippen molar-refractivity contribution in [2.75, 3.05) is 6.54 Å². The Bertz CT molecular complexity index is 465. The van der Waals surface area contributed by atoms with Crippen molar-refractivity contribution < 1.29 is 9.53 Å². The molecule has 0 amide bonds. The first-order chi connectivity index (χ1) is 8.56. The summed E-state index contributed by atoms with van der Waals surface area (Å²) in [6, 6.07) is 7.62. The number of esters is 1. The highest BCUT2D eigenvalue weighted by molar-refractivity contribution is 6.02. The van der Waals surface area contributed by atoms with Gasteiger partial charge >= 0.3 is 5.97 Å². The molecular weight excluding hydrogens is 228 g/mol. The van der Waals surface area contributed by atoms with Gasteiger partial charge in [0.15, 0.2) is 0 Å². The molecule has 0 aromatic heterocycles. The number of hydrogen-bond acceptors (Lipinski definition) is 4. The van der Waals surface area contributed by atoms with Gasteiger partial charge in [0.25, 0.3) is 0 Å². The van der Waals surface area contributed by atoms with Gasteiger partial charge in [-0.2, -0.15) is 0 Å². The molecule has 1 aromatic rings. The van der Waals surface area contributed by atoms with E-state index in [0.29, 0.717) is 18.2 Å². The normalized spacial score (nSPS) is 23.4. The van der Waals surface area contributed by atoms with Crippen molar-refractivity contribution in [2.45, 2.75) is 26.3 Å². The molecule has 2 rings (SSSR count). The lowest BCUT2D eigenvalue weighted by molar-refractivity contribution is -0.131. The van der Waals surface area contributed by atoms with Crippen LogP contribution in [0.25, 0.3) is 0 Å². The molecule has 0 saturated heterocycles. The summed E-state index contributed by atoms with van der Waals surface area (Å²) in [6.45, 7) is 4.21. The van der Waals surface area contributed by atoms with Crippen molar-refractivity contribution in [1.82, 2.24) is 0 Å². The van der Waals surface area contributed by atoms with E-state index in [1.807, 2.05) is 12.1 Å². The monoisotopic (exact) mass is 246 g/mol. The van der Waals surface area contributed by atoms with Crippen LogP contribution in [0.2, 0.25) is 0 Å². The van der Waals surface area contributed by atoms with E-state index >= 15 is 0 Å². The van der Waals surface area contributed by atoms with Gasteiger partial charge in [0.2, 0.25) is 0 Å². The lowest BCUT2D eigenvalue weighted by Gasteiger charge is -2.24. The van der Waals surface area contributed by atoms with Crippen molar-refractivity contribution >= 4 is 11.7 Å². The van der Waals surface area contributed by atoms with Crippen LogP contribution < -0.4 is 10.5 Å². The van der Waals surface area contributed by atoms with Gasteiger partial charge in [0.05, 0.1) is 6.54 Å². The Morgan fingerprint density at radius 1 is 1.39 bits per heavy atom. The van der Waals surface area contributed by atoms with Crippen molar-refractivity contribution in [3.63, 3.8) is 0 Å². The lowest BCUT2D eigenvalue weighted by Crippen LogP contribution is -2.34. The Hall–Kier alpha value is -1.68. The Morgan fingerprint density at radius 2 is 2.06 bits per heavy atom. The molecule has 1 aliphatic rings. The van der Waals surface area contributed by atoms with Gasteiger partial charge in [0, 0.05) is 24.6 Å². The van der Waals surface area contributed by atoms with E-state index in [1.165, 1.54) is 6.92 Å². The molecule has 0 bridgehead atoms. The molecule has 4 heteroatoms. The maximum absolute atomic E-state index is 10.8. The van der Waals surface area contributed by atoms with Gasteiger partial charge in [-0.05, 0) is 36.2 Å². The zero-order valence-corrected chi connectivity index (χ0v) is 10.7. The predicted molar refractivity (Wildman–Crippen MR) is 70.9 cm³/mol. The number of carbonyl (C=O) groups excluding carboxylic acids is 1. The number of ether oxygens (including phenoxy) is 1.